The van der Waals surface area contributed by atoms with Gasteiger partial charge in [-0.3, -0.25) is 28.8 Å². The summed E-state index contributed by atoms with van der Waals surface area (Å²) in [5.74, 6) is -0.869. The average molecular weight is 740 g/mol. The van der Waals surface area contributed by atoms with Crippen molar-refractivity contribution >= 4 is 68.4 Å². The van der Waals surface area contributed by atoms with Gasteiger partial charge in [0.1, 0.15) is 19.8 Å². The van der Waals surface area contributed by atoms with Crippen LogP contribution in [-0.2, 0) is 43.0 Å². The Bertz CT molecular complexity index is 1030. The van der Waals surface area contributed by atoms with Crippen LogP contribution in [0.2, 0.25) is 0 Å². The Morgan fingerprint density at radius 1 is 0.458 bits per heavy atom. The Morgan fingerprint density at radius 2 is 0.771 bits per heavy atom. The molecule has 0 unspecified atom stereocenters. The Labute approximate surface area is 303 Å². The zero-order valence-electron chi connectivity index (χ0n) is 29.8. The smallest absolute Gasteiger partial charge is 0.306 e. The standard InChI is InChI=1S/C21H37ClO3.C8H11ClO3.C7H9ClO3/c1-3-4-5-6-7-8-9-10-11-12-13-14-15-16-20(23)25-18-17-19(2)21(22)24;1-3-7(10)12-5-4-6(2)8(9)11;1-5(7(8)10)3-4-11-6(2)9/h17H,3-16,18H2,1-2H3;4H,3,5H2,1-2H3;3H,4H2,1-2H3. The third-order valence-corrected chi connectivity index (χ3v) is 7.54. The van der Waals surface area contributed by atoms with E-state index in [4.69, 9.17) is 39.5 Å². The van der Waals surface area contributed by atoms with Crippen molar-refractivity contribution in [1.29, 1.82) is 0 Å². The van der Waals surface area contributed by atoms with Gasteiger partial charge >= 0.3 is 17.9 Å². The predicted octanol–water partition coefficient (Wildman–Crippen LogP) is 9.64. The molecule has 12 heteroatoms. The number of hydrogen-bond acceptors (Lipinski definition) is 9. The molecule has 276 valence electrons. The molecule has 0 aliphatic carbocycles. The molecule has 0 spiro atoms. The van der Waals surface area contributed by atoms with Crippen LogP contribution in [0.25, 0.3) is 0 Å². The number of rotatable bonds is 24. The summed E-state index contributed by atoms with van der Waals surface area (Å²) in [6.45, 7) is 10.3. The lowest BCUT2D eigenvalue weighted by molar-refractivity contribution is -0.143. The molecule has 0 aromatic rings. The molecule has 0 amide bonds. The predicted molar refractivity (Wildman–Crippen MR) is 193 cm³/mol. The number of carbonyl (C=O) groups is 6. The first-order valence-electron chi connectivity index (χ1n) is 16.7. The number of hydrogen-bond donors (Lipinski definition) is 0. The van der Waals surface area contributed by atoms with Gasteiger partial charge in [0.15, 0.2) is 0 Å². The SMILES string of the molecule is CC(=O)OCC=C(C)C(=O)Cl.CCC(=O)OCC=C(C)C(=O)Cl.CCCCCCCCCCCCCCCC(=O)OCC=C(C)C(=O)Cl. The third kappa shape index (κ3) is 39.7. The topological polar surface area (TPSA) is 130 Å². The zero-order chi connectivity index (χ0) is 37.2. The highest BCUT2D eigenvalue weighted by atomic mass is 35.5. The molecule has 0 radical (unpaired) electrons. The minimum absolute atomic E-state index is 0.0969. The highest BCUT2D eigenvalue weighted by molar-refractivity contribution is 6.68. The Balaban J connectivity index is -0.000000729. The monoisotopic (exact) mass is 738 g/mol. The molecule has 0 bridgehead atoms. The van der Waals surface area contributed by atoms with E-state index in [2.05, 4.69) is 16.4 Å². The summed E-state index contributed by atoms with van der Waals surface area (Å²) in [6, 6.07) is 0. The largest absolute Gasteiger partial charge is 0.462 e. The van der Waals surface area contributed by atoms with Gasteiger partial charge in [-0.05, 0) is 80.2 Å². The normalized spacial score (nSPS) is 11.3. The van der Waals surface area contributed by atoms with Crippen molar-refractivity contribution in [2.45, 2.75) is 138 Å². The van der Waals surface area contributed by atoms with Crippen LogP contribution < -0.4 is 0 Å². The van der Waals surface area contributed by atoms with Crippen LogP contribution in [0, 0.1) is 0 Å². The molecule has 0 aliphatic heterocycles. The van der Waals surface area contributed by atoms with Crippen molar-refractivity contribution in [2.24, 2.45) is 0 Å². The molecule has 0 saturated carbocycles. The summed E-state index contributed by atoms with van der Waals surface area (Å²) in [6.07, 6.45) is 22.0. The highest BCUT2D eigenvalue weighted by Crippen LogP contribution is 2.13. The van der Waals surface area contributed by atoms with Gasteiger partial charge in [-0.15, -0.1) is 0 Å². The van der Waals surface area contributed by atoms with Crippen molar-refractivity contribution in [3.05, 3.63) is 34.9 Å². The number of halogens is 3. The van der Waals surface area contributed by atoms with Crippen LogP contribution in [0.1, 0.15) is 138 Å². The first-order valence-corrected chi connectivity index (χ1v) is 17.9. The lowest BCUT2D eigenvalue weighted by Gasteiger charge is -2.04. The van der Waals surface area contributed by atoms with Crippen LogP contribution in [0.3, 0.4) is 0 Å². The van der Waals surface area contributed by atoms with E-state index in [9.17, 15) is 28.8 Å². The van der Waals surface area contributed by atoms with Gasteiger partial charge in [-0.2, -0.15) is 0 Å². The van der Waals surface area contributed by atoms with Gasteiger partial charge in [-0.1, -0.05) is 90.9 Å². The fraction of sp³-hybridized carbons (Fsp3) is 0.667. The molecule has 0 aromatic carbocycles. The molecule has 9 nitrogen and oxygen atoms in total. The number of ether oxygens (including phenoxy) is 3. The molecule has 0 heterocycles. The molecular formula is C36H57Cl3O9. The number of unbranched alkanes of at least 4 members (excludes halogenated alkanes) is 12. The minimum Gasteiger partial charge on any atom is -0.462 e. The minimum atomic E-state index is -0.530. The summed E-state index contributed by atoms with van der Waals surface area (Å²) >= 11 is 15.5. The van der Waals surface area contributed by atoms with E-state index in [1.165, 1.54) is 95.8 Å². The summed E-state index contributed by atoms with van der Waals surface area (Å²) < 4.78 is 14.3. The Hall–Kier alpha value is -2.49. The van der Waals surface area contributed by atoms with Gasteiger partial charge in [0.2, 0.25) is 15.7 Å². The molecule has 0 N–H and O–H groups in total. The van der Waals surface area contributed by atoms with Crippen LogP contribution in [0.15, 0.2) is 34.9 Å². The first kappa shape index (κ1) is 49.9. The second kappa shape index (κ2) is 35.8. The maximum Gasteiger partial charge on any atom is 0.306 e. The van der Waals surface area contributed by atoms with E-state index < -0.39 is 15.7 Å². The van der Waals surface area contributed by atoms with E-state index in [-0.39, 0.29) is 37.7 Å². The second-order valence-electron chi connectivity index (χ2n) is 11.0. The number of allylic oxidation sites excluding steroid dienone is 3. The van der Waals surface area contributed by atoms with Crippen LogP contribution in [-0.4, -0.2) is 53.5 Å². The second-order valence-corrected chi connectivity index (χ2v) is 12.0. The summed E-state index contributed by atoms with van der Waals surface area (Å²) in [4.78, 5) is 64.0. The fourth-order valence-corrected chi connectivity index (χ4v) is 3.74. The molecule has 48 heavy (non-hydrogen) atoms. The molecule has 0 rings (SSSR count). The first-order chi connectivity index (χ1) is 22.7. The molecule has 0 saturated heterocycles. The molecule has 0 aromatic heterocycles. The van der Waals surface area contributed by atoms with E-state index in [1.807, 2.05) is 0 Å². The molecule has 0 aliphatic rings. The summed E-state index contributed by atoms with van der Waals surface area (Å²) in [7, 11) is 0. The summed E-state index contributed by atoms with van der Waals surface area (Å²) in [5, 5.41) is -1.56. The van der Waals surface area contributed by atoms with E-state index in [1.54, 1.807) is 27.7 Å². The van der Waals surface area contributed by atoms with Gasteiger partial charge in [0.05, 0.1) is 0 Å². The van der Waals surface area contributed by atoms with Gasteiger partial charge < -0.3 is 14.2 Å². The van der Waals surface area contributed by atoms with Crippen LogP contribution >= 0.6 is 34.8 Å². The van der Waals surface area contributed by atoms with Gasteiger partial charge in [0, 0.05) is 36.5 Å². The van der Waals surface area contributed by atoms with E-state index in [0.717, 1.165) is 12.8 Å². The van der Waals surface area contributed by atoms with Crippen molar-refractivity contribution in [2.75, 3.05) is 19.8 Å². The van der Waals surface area contributed by atoms with Gasteiger partial charge in [0.25, 0.3) is 0 Å². The average Bonchev–Trinajstić information content (AvgIpc) is 3.03. The number of esters is 3. The third-order valence-electron chi connectivity index (χ3n) is 6.65. The van der Waals surface area contributed by atoms with Crippen LogP contribution in [0.4, 0.5) is 0 Å². The quantitative estimate of drug-likeness (QED) is 0.0312. The molecule has 0 atom stereocenters. The van der Waals surface area contributed by atoms with E-state index in [0.29, 0.717) is 29.6 Å². The van der Waals surface area contributed by atoms with E-state index >= 15 is 0 Å². The molecular weight excluding hydrogens is 683 g/mol. The maximum absolute atomic E-state index is 11.5. The maximum atomic E-state index is 11.5. The zero-order valence-corrected chi connectivity index (χ0v) is 32.0. The lowest BCUT2D eigenvalue weighted by Crippen LogP contribution is -2.05. The molecule has 0 fully saturated rings. The lowest BCUT2D eigenvalue weighted by atomic mass is 10.0. The Morgan fingerprint density at radius 3 is 1.08 bits per heavy atom. The van der Waals surface area contributed by atoms with Crippen molar-refractivity contribution in [1.82, 2.24) is 0 Å². The van der Waals surface area contributed by atoms with Crippen molar-refractivity contribution in [3.63, 3.8) is 0 Å². The van der Waals surface area contributed by atoms with Gasteiger partial charge in [-0.25, -0.2) is 0 Å². The fourth-order valence-electron chi connectivity index (χ4n) is 3.51. The Kier molecular flexibility index (Phi) is 37.2. The van der Waals surface area contributed by atoms with Crippen molar-refractivity contribution in [3.8, 4) is 0 Å². The summed E-state index contributed by atoms with van der Waals surface area (Å²) in [5.41, 5.74) is 1.18. The van der Waals surface area contributed by atoms with Crippen LogP contribution in [0.5, 0.6) is 0 Å². The number of carbonyl (C=O) groups excluding carboxylic acids is 6. The highest BCUT2D eigenvalue weighted by Gasteiger charge is 2.04. The van der Waals surface area contributed by atoms with Crippen molar-refractivity contribution < 1.29 is 43.0 Å².